The topological polar surface area (TPSA) is 80.0 Å². The smallest absolute Gasteiger partial charge is 0.230 e. The fourth-order valence-electron chi connectivity index (χ4n) is 3.76. The predicted octanol–water partition coefficient (Wildman–Crippen LogP) is 3.97. The minimum absolute atomic E-state index is 0.0395. The molecule has 7 heteroatoms. The van der Waals surface area contributed by atoms with Crippen LogP contribution in [0, 0.1) is 0 Å². The molecule has 6 nitrogen and oxygen atoms in total. The molecule has 2 aromatic carbocycles. The van der Waals surface area contributed by atoms with Crippen LogP contribution in [0.2, 0.25) is 0 Å². The van der Waals surface area contributed by atoms with E-state index in [2.05, 4.69) is 15.5 Å². The summed E-state index contributed by atoms with van der Waals surface area (Å²) in [5.41, 5.74) is 0.648. The maximum absolute atomic E-state index is 12.2. The average molecular weight is 397 g/mol. The van der Waals surface area contributed by atoms with Crippen molar-refractivity contribution >= 4 is 28.4 Å². The minimum atomic E-state index is 0.0395. The van der Waals surface area contributed by atoms with Crippen molar-refractivity contribution in [1.29, 1.82) is 0 Å². The van der Waals surface area contributed by atoms with Crippen LogP contribution in [0.3, 0.4) is 0 Å². The van der Waals surface area contributed by atoms with Gasteiger partial charge >= 0.3 is 0 Å². The van der Waals surface area contributed by atoms with Gasteiger partial charge in [-0.3, -0.25) is 4.79 Å². The number of amides is 1. The summed E-state index contributed by atoms with van der Waals surface area (Å²) in [5, 5.41) is 24.9. The predicted molar refractivity (Wildman–Crippen MR) is 111 cm³/mol. The van der Waals surface area contributed by atoms with Gasteiger partial charge in [0.1, 0.15) is 5.75 Å². The Morgan fingerprint density at radius 2 is 1.93 bits per heavy atom. The first-order valence-electron chi connectivity index (χ1n) is 9.73. The molecule has 0 bridgehead atoms. The second-order valence-electron chi connectivity index (χ2n) is 7.10. The summed E-state index contributed by atoms with van der Waals surface area (Å²) in [6.07, 6.45) is 4.54. The van der Waals surface area contributed by atoms with E-state index < -0.39 is 0 Å². The molecule has 0 aliphatic heterocycles. The lowest BCUT2D eigenvalue weighted by atomic mass is 10.1. The molecule has 1 fully saturated rings. The SMILES string of the molecule is CCn1c(SCC(=O)NC2CCCC2)nnc1-c1cc2ccccc2cc1O. The highest BCUT2D eigenvalue weighted by atomic mass is 32.2. The first-order chi connectivity index (χ1) is 13.7. The maximum atomic E-state index is 12.2. The highest BCUT2D eigenvalue weighted by molar-refractivity contribution is 7.99. The Balaban J connectivity index is 1.54. The molecule has 2 N–H and O–H groups in total. The number of carbonyl (C=O) groups excluding carboxylic acids is 1. The van der Waals surface area contributed by atoms with Crippen molar-refractivity contribution in [3.8, 4) is 17.1 Å². The van der Waals surface area contributed by atoms with Gasteiger partial charge in [-0.15, -0.1) is 10.2 Å². The van der Waals surface area contributed by atoms with E-state index in [0.717, 1.165) is 23.6 Å². The van der Waals surface area contributed by atoms with Crippen LogP contribution in [0.1, 0.15) is 32.6 Å². The molecule has 0 atom stereocenters. The number of fused-ring (bicyclic) bond motifs is 1. The fourth-order valence-corrected chi connectivity index (χ4v) is 4.57. The lowest BCUT2D eigenvalue weighted by molar-refractivity contribution is -0.119. The normalized spacial score (nSPS) is 14.6. The second kappa shape index (κ2) is 8.22. The Labute approximate surface area is 168 Å². The summed E-state index contributed by atoms with van der Waals surface area (Å²) in [6.45, 7) is 2.66. The van der Waals surface area contributed by atoms with Gasteiger partial charge in [-0.1, -0.05) is 48.9 Å². The number of aromatic nitrogens is 3. The Morgan fingerprint density at radius 3 is 2.64 bits per heavy atom. The van der Waals surface area contributed by atoms with E-state index in [4.69, 9.17) is 0 Å². The van der Waals surface area contributed by atoms with Crippen molar-refractivity contribution in [2.45, 2.75) is 50.4 Å². The number of hydrogen-bond donors (Lipinski definition) is 2. The Bertz CT molecular complexity index is 995. The van der Waals surface area contributed by atoms with Gasteiger partial charge in [0.25, 0.3) is 0 Å². The summed E-state index contributed by atoms with van der Waals surface area (Å²) in [4.78, 5) is 12.2. The van der Waals surface area contributed by atoms with Gasteiger partial charge in [0, 0.05) is 12.6 Å². The Morgan fingerprint density at radius 1 is 1.21 bits per heavy atom. The largest absolute Gasteiger partial charge is 0.507 e. The van der Waals surface area contributed by atoms with Gasteiger partial charge < -0.3 is 15.0 Å². The number of phenolic OH excluding ortho intramolecular Hbond substituents is 1. The quantitative estimate of drug-likeness (QED) is 0.616. The summed E-state index contributed by atoms with van der Waals surface area (Å²) in [5.74, 6) is 1.15. The van der Waals surface area contributed by atoms with E-state index in [1.807, 2.05) is 41.8 Å². The fraction of sp³-hybridized carbons (Fsp3) is 0.381. The van der Waals surface area contributed by atoms with Crippen LogP contribution in [0.25, 0.3) is 22.2 Å². The zero-order valence-corrected chi connectivity index (χ0v) is 16.7. The molecule has 3 aromatic rings. The van der Waals surface area contributed by atoms with Crippen molar-refractivity contribution in [2.75, 3.05) is 5.75 Å². The van der Waals surface area contributed by atoms with Crippen LogP contribution in [-0.2, 0) is 11.3 Å². The summed E-state index contributed by atoms with van der Waals surface area (Å²) < 4.78 is 1.94. The second-order valence-corrected chi connectivity index (χ2v) is 8.05. The highest BCUT2D eigenvalue weighted by Gasteiger charge is 2.20. The minimum Gasteiger partial charge on any atom is -0.507 e. The standard InChI is InChI=1S/C21H24N4O2S/c1-2-25-20(17-11-14-7-3-4-8-15(14)12-18(17)26)23-24-21(25)28-13-19(27)22-16-9-5-6-10-16/h3-4,7-8,11-12,16,26H,2,5-6,9-10,13H2,1H3,(H,22,27). The van der Waals surface area contributed by atoms with E-state index in [1.165, 1.54) is 24.6 Å². The molecule has 146 valence electrons. The number of aromatic hydroxyl groups is 1. The average Bonchev–Trinajstić information content (AvgIpc) is 3.35. The summed E-state index contributed by atoms with van der Waals surface area (Å²) in [7, 11) is 0. The Kier molecular flexibility index (Phi) is 5.52. The van der Waals surface area contributed by atoms with E-state index in [9.17, 15) is 9.90 Å². The maximum Gasteiger partial charge on any atom is 0.230 e. The molecule has 1 saturated carbocycles. The summed E-state index contributed by atoms with van der Waals surface area (Å²) >= 11 is 1.38. The number of thioether (sulfide) groups is 1. The van der Waals surface area contributed by atoms with E-state index in [0.29, 0.717) is 34.9 Å². The Hall–Kier alpha value is -2.54. The summed E-state index contributed by atoms with van der Waals surface area (Å²) in [6, 6.07) is 11.9. The van der Waals surface area contributed by atoms with Crippen molar-refractivity contribution in [3.63, 3.8) is 0 Å². The lowest BCUT2D eigenvalue weighted by Crippen LogP contribution is -2.33. The third kappa shape index (κ3) is 3.85. The third-order valence-electron chi connectivity index (χ3n) is 5.19. The molecule has 0 unspecified atom stereocenters. The van der Waals surface area contributed by atoms with Crippen LogP contribution < -0.4 is 5.32 Å². The zero-order chi connectivity index (χ0) is 19.5. The van der Waals surface area contributed by atoms with Crippen LogP contribution in [0.5, 0.6) is 5.75 Å². The van der Waals surface area contributed by atoms with E-state index >= 15 is 0 Å². The van der Waals surface area contributed by atoms with Gasteiger partial charge in [-0.05, 0) is 42.7 Å². The monoisotopic (exact) mass is 396 g/mol. The van der Waals surface area contributed by atoms with Crippen molar-refractivity contribution < 1.29 is 9.90 Å². The van der Waals surface area contributed by atoms with Crippen molar-refractivity contribution in [1.82, 2.24) is 20.1 Å². The lowest BCUT2D eigenvalue weighted by Gasteiger charge is -2.12. The molecule has 1 heterocycles. The van der Waals surface area contributed by atoms with Gasteiger partial charge in [-0.25, -0.2) is 0 Å². The van der Waals surface area contributed by atoms with Crippen LogP contribution in [0.4, 0.5) is 0 Å². The van der Waals surface area contributed by atoms with Gasteiger partial charge in [-0.2, -0.15) is 0 Å². The number of nitrogens with zero attached hydrogens (tertiary/aromatic N) is 3. The molecule has 4 rings (SSSR count). The van der Waals surface area contributed by atoms with Gasteiger partial charge in [0.2, 0.25) is 5.91 Å². The van der Waals surface area contributed by atoms with Crippen LogP contribution in [0.15, 0.2) is 41.6 Å². The zero-order valence-electron chi connectivity index (χ0n) is 15.9. The van der Waals surface area contributed by atoms with Crippen LogP contribution in [-0.4, -0.2) is 37.6 Å². The van der Waals surface area contributed by atoms with Gasteiger partial charge in [0.15, 0.2) is 11.0 Å². The van der Waals surface area contributed by atoms with Gasteiger partial charge in [0.05, 0.1) is 11.3 Å². The van der Waals surface area contributed by atoms with E-state index in [-0.39, 0.29) is 11.7 Å². The number of hydrogen-bond acceptors (Lipinski definition) is 5. The molecule has 0 radical (unpaired) electrons. The first-order valence-corrected chi connectivity index (χ1v) is 10.7. The molecule has 1 aliphatic rings. The third-order valence-corrected chi connectivity index (χ3v) is 6.16. The molecule has 0 spiro atoms. The molecule has 28 heavy (non-hydrogen) atoms. The number of carbonyl (C=O) groups is 1. The first kappa shape index (κ1) is 18.8. The molecular weight excluding hydrogens is 372 g/mol. The number of benzene rings is 2. The van der Waals surface area contributed by atoms with Crippen molar-refractivity contribution in [2.24, 2.45) is 0 Å². The molecular formula is C21H24N4O2S. The molecule has 1 aliphatic carbocycles. The van der Waals surface area contributed by atoms with Crippen molar-refractivity contribution in [3.05, 3.63) is 36.4 Å². The van der Waals surface area contributed by atoms with E-state index in [1.54, 1.807) is 6.07 Å². The number of nitrogens with one attached hydrogen (secondary N) is 1. The number of phenols is 1. The number of rotatable bonds is 6. The molecule has 0 saturated heterocycles. The van der Waals surface area contributed by atoms with Crippen LogP contribution >= 0.6 is 11.8 Å². The molecule has 1 aromatic heterocycles. The highest BCUT2D eigenvalue weighted by Crippen LogP contribution is 2.34. The molecule has 1 amide bonds.